The van der Waals surface area contributed by atoms with Crippen LogP contribution < -0.4 is 5.32 Å². The Kier molecular flexibility index (Phi) is 5.27. The molecule has 2 unspecified atom stereocenters. The lowest BCUT2D eigenvalue weighted by Gasteiger charge is -2.42. The second kappa shape index (κ2) is 6.55. The van der Waals surface area contributed by atoms with Gasteiger partial charge in [0.2, 0.25) is 0 Å². The third kappa shape index (κ3) is 3.50. The molecule has 0 aromatic carbocycles. The van der Waals surface area contributed by atoms with Crippen LogP contribution in [0.15, 0.2) is 0 Å². The number of nitrogens with zero attached hydrogens (tertiary/aromatic N) is 2. The first-order valence-electron chi connectivity index (χ1n) is 8.28. The third-order valence-electron chi connectivity index (χ3n) is 5.25. The number of hydrogen-bond acceptors (Lipinski definition) is 3. The van der Waals surface area contributed by atoms with Gasteiger partial charge in [-0.2, -0.15) is 0 Å². The topological polar surface area (TPSA) is 18.5 Å². The summed E-state index contributed by atoms with van der Waals surface area (Å²) in [6, 6.07) is 1.45. The second-order valence-electron chi connectivity index (χ2n) is 7.00. The fraction of sp³-hybridized carbons (Fsp3) is 1.00. The maximum Gasteiger partial charge on any atom is 0.0274 e. The van der Waals surface area contributed by atoms with E-state index in [0.29, 0.717) is 11.5 Å². The van der Waals surface area contributed by atoms with Gasteiger partial charge in [0, 0.05) is 38.3 Å². The monoisotopic (exact) mass is 267 g/mol. The van der Waals surface area contributed by atoms with Crippen molar-refractivity contribution in [2.24, 2.45) is 5.41 Å². The van der Waals surface area contributed by atoms with E-state index in [9.17, 15) is 0 Å². The van der Waals surface area contributed by atoms with Gasteiger partial charge in [0.1, 0.15) is 0 Å². The van der Waals surface area contributed by atoms with E-state index in [1.54, 1.807) is 0 Å². The highest BCUT2D eigenvalue weighted by Crippen LogP contribution is 2.40. The Hall–Kier alpha value is -0.120. The van der Waals surface area contributed by atoms with Crippen LogP contribution in [0.3, 0.4) is 0 Å². The molecule has 1 aliphatic carbocycles. The molecule has 2 fully saturated rings. The molecule has 0 aromatic heterocycles. The number of hydrogen-bond donors (Lipinski definition) is 1. The van der Waals surface area contributed by atoms with Crippen LogP contribution >= 0.6 is 0 Å². The van der Waals surface area contributed by atoms with Crippen molar-refractivity contribution in [3.63, 3.8) is 0 Å². The number of likely N-dealkylation sites (N-methyl/N-ethyl adjacent to an activating group) is 1. The van der Waals surface area contributed by atoms with Gasteiger partial charge in [-0.3, -0.25) is 4.90 Å². The van der Waals surface area contributed by atoms with E-state index in [2.05, 4.69) is 42.8 Å². The average Bonchev–Trinajstić information content (AvgIpc) is 2.72. The predicted octanol–water partition coefficient (Wildman–Crippen LogP) is 2.18. The highest BCUT2D eigenvalue weighted by Gasteiger charge is 2.44. The van der Waals surface area contributed by atoms with Crippen LogP contribution in [0.2, 0.25) is 0 Å². The van der Waals surface area contributed by atoms with Crippen molar-refractivity contribution in [3.8, 4) is 0 Å². The van der Waals surface area contributed by atoms with Crippen LogP contribution in [-0.2, 0) is 0 Å². The Morgan fingerprint density at radius 1 is 1.11 bits per heavy atom. The van der Waals surface area contributed by atoms with Gasteiger partial charge in [-0.1, -0.05) is 27.7 Å². The largest absolute Gasteiger partial charge is 0.312 e. The highest BCUT2D eigenvalue weighted by atomic mass is 15.3. The molecule has 1 heterocycles. The quantitative estimate of drug-likeness (QED) is 0.824. The van der Waals surface area contributed by atoms with Crippen LogP contribution in [0.5, 0.6) is 0 Å². The zero-order valence-corrected chi connectivity index (χ0v) is 13.4. The van der Waals surface area contributed by atoms with Gasteiger partial charge in [0.25, 0.3) is 0 Å². The molecule has 0 spiro atoms. The van der Waals surface area contributed by atoms with Gasteiger partial charge in [-0.25, -0.2) is 0 Å². The normalized spacial score (nSPS) is 32.8. The molecule has 2 aliphatic rings. The Balaban J connectivity index is 1.94. The maximum absolute atomic E-state index is 3.84. The summed E-state index contributed by atoms with van der Waals surface area (Å²) < 4.78 is 0. The predicted molar refractivity (Wildman–Crippen MR) is 82.6 cm³/mol. The summed E-state index contributed by atoms with van der Waals surface area (Å²) in [6.07, 6.45) is 3.98. The van der Waals surface area contributed by atoms with Crippen molar-refractivity contribution < 1.29 is 0 Å². The van der Waals surface area contributed by atoms with Crippen LogP contribution in [0, 0.1) is 5.41 Å². The molecule has 1 aliphatic heterocycles. The lowest BCUT2D eigenvalue weighted by atomic mass is 9.86. The van der Waals surface area contributed by atoms with Crippen molar-refractivity contribution in [1.82, 2.24) is 15.1 Å². The molecule has 1 saturated heterocycles. The first kappa shape index (κ1) is 15.3. The molecule has 1 saturated carbocycles. The summed E-state index contributed by atoms with van der Waals surface area (Å²) in [6.45, 7) is 16.9. The minimum Gasteiger partial charge on any atom is -0.312 e. The van der Waals surface area contributed by atoms with E-state index in [1.807, 2.05) is 0 Å². The first-order valence-corrected chi connectivity index (χ1v) is 8.28. The number of rotatable bonds is 5. The minimum absolute atomic E-state index is 0.460. The molecule has 3 nitrogen and oxygen atoms in total. The van der Waals surface area contributed by atoms with E-state index in [1.165, 1.54) is 58.5 Å². The van der Waals surface area contributed by atoms with E-state index < -0.39 is 0 Å². The Labute approximate surface area is 119 Å². The van der Waals surface area contributed by atoms with E-state index in [-0.39, 0.29) is 0 Å². The zero-order chi connectivity index (χ0) is 13.9. The lowest BCUT2D eigenvalue weighted by molar-refractivity contribution is 0.0788. The van der Waals surface area contributed by atoms with Crippen LogP contribution in [0.4, 0.5) is 0 Å². The molecule has 0 radical (unpaired) electrons. The Morgan fingerprint density at radius 3 is 2.37 bits per heavy atom. The molecule has 0 amide bonds. The third-order valence-corrected chi connectivity index (χ3v) is 5.25. The van der Waals surface area contributed by atoms with Crippen LogP contribution in [0.1, 0.15) is 47.0 Å². The zero-order valence-electron chi connectivity index (χ0n) is 13.4. The molecule has 2 atom stereocenters. The average molecular weight is 267 g/mol. The van der Waals surface area contributed by atoms with E-state index in [0.717, 1.165) is 6.04 Å². The molecule has 112 valence electrons. The molecule has 0 bridgehead atoms. The standard InChI is InChI=1S/C16H33N3/c1-5-9-17-15-14(7-8-16(15,3)4)19-12-10-18(6-2)11-13-19/h14-15,17H,5-13H2,1-4H3. The summed E-state index contributed by atoms with van der Waals surface area (Å²) in [7, 11) is 0. The van der Waals surface area contributed by atoms with E-state index in [4.69, 9.17) is 0 Å². The lowest BCUT2D eigenvalue weighted by Crippen LogP contribution is -2.57. The first-order chi connectivity index (χ1) is 9.08. The molecular formula is C16H33N3. The molecule has 0 aromatic rings. The summed E-state index contributed by atoms with van der Waals surface area (Å²) in [5.74, 6) is 0. The van der Waals surface area contributed by atoms with Gasteiger partial charge in [0.15, 0.2) is 0 Å². The van der Waals surface area contributed by atoms with Gasteiger partial charge in [-0.05, 0) is 37.8 Å². The van der Waals surface area contributed by atoms with E-state index >= 15 is 0 Å². The van der Waals surface area contributed by atoms with Gasteiger partial charge in [0.05, 0.1) is 0 Å². The van der Waals surface area contributed by atoms with Gasteiger partial charge >= 0.3 is 0 Å². The van der Waals surface area contributed by atoms with Crippen molar-refractivity contribution in [2.45, 2.75) is 59.0 Å². The van der Waals surface area contributed by atoms with Crippen molar-refractivity contribution in [2.75, 3.05) is 39.3 Å². The van der Waals surface area contributed by atoms with Crippen molar-refractivity contribution >= 4 is 0 Å². The minimum atomic E-state index is 0.460. The molecule has 3 heteroatoms. The fourth-order valence-electron chi connectivity index (χ4n) is 3.88. The maximum atomic E-state index is 3.84. The molecular weight excluding hydrogens is 234 g/mol. The SMILES string of the molecule is CCCNC1C(N2CCN(CC)CC2)CCC1(C)C. The fourth-order valence-corrected chi connectivity index (χ4v) is 3.88. The Morgan fingerprint density at radius 2 is 1.79 bits per heavy atom. The van der Waals surface area contributed by atoms with Crippen molar-refractivity contribution in [1.29, 1.82) is 0 Å². The van der Waals surface area contributed by atoms with Crippen LogP contribution in [-0.4, -0.2) is 61.2 Å². The smallest absolute Gasteiger partial charge is 0.0274 e. The highest BCUT2D eigenvalue weighted by molar-refractivity contribution is 5.01. The number of nitrogens with one attached hydrogen (secondary N) is 1. The summed E-state index contributed by atoms with van der Waals surface area (Å²) in [5.41, 5.74) is 0.460. The molecule has 19 heavy (non-hydrogen) atoms. The summed E-state index contributed by atoms with van der Waals surface area (Å²) in [4.78, 5) is 5.33. The van der Waals surface area contributed by atoms with Gasteiger partial charge in [-0.15, -0.1) is 0 Å². The molecule has 1 N–H and O–H groups in total. The van der Waals surface area contributed by atoms with Gasteiger partial charge < -0.3 is 10.2 Å². The summed E-state index contributed by atoms with van der Waals surface area (Å²) >= 11 is 0. The molecule has 2 rings (SSSR count). The Bertz CT molecular complexity index is 269. The second-order valence-corrected chi connectivity index (χ2v) is 7.00. The summed E-state index contributed by atoms with van der Waals surface area (Å²) in [5, 5.41) is 3.84. The number of piperazine rings is 1. The van der Waals surface area contributed by atoms with Crippen molar-refractivity contribution in [3.05, 3.63) is 0 Å². The van der Waals surface area contributed by atoms with Crippen LogP contribution in [0.25, 0.3) is 0 Å².